The molecule has 0 saturated carbocycles. The lowest BCUT2D eigenvalue weighted by atomic mass is 10.1. The number of hydrogen-bond donors (Lipinski definition) is 1. The summed E-state index contributed by atoms with van der Waals surface area (Å²) in [6, 6.07) is 6.29. The quantitative estimate of drug-likeness (QED) is 0.498. The third-order valence-corrected chi connectivity index (χ3v) is 2.91. The first-order valence-electron chi connectivity index (χ1n) is 6.15. The Morgan fingerprint density at radius 2 is 1.81 bits per heavy atom. The average Bonchev–Trinajstić information content (AvgIpc) is 2.34. The van der Waals surface area contributed by atoms with Gasteiger partial charge in [-0.25, -0.2) is 15.6 Å². The fourth-order valence-electron chi connectivity index (χ4n) is 1.47. The Labute approximate surface area is 130 Å². The number of nitrogens with two attached hydrogens (primary N) is 1. The Bertz CT molecular complexity index is 535. The van der Waals surface area contributed by atoms with Crippen molar-refractivity contribution in [3.8, 4) is 0 Å². The predicted octanol–water partition coefficient (Wildman–Crippen LogP) is 4.17. The monoisotopic (exact) mass is 362 g/mol. The van der Waals surface area contributed by atoms with Crippen molar-refractivity contribution in [2.45, 2.75) is 26.4 Å². The van der Waals surface area contributed by atoms with Crippen LogP contribution in [0.15, 0.2) is 34.8 Å². The lowest BCUT2D eigenvalue weighted by Gasteiger charge is -2.24. The van der Waals surface area contributed by atoms with Crippen LogP contribution >= 0.6 is 15.9 Å². The average molecular weight is 363 g/mol. The van der Waals surface area contributed by atoms with Gasteiger partial charge in [0, 0.05) is 10.0 Å². The summed E-state index contributed by atoms with van der Waals surface area (Å²) in [5.74, 6) is 5.51. The minimum absolute atomic E-state index is 0.289. The molecular formula is C14H17BrF2N2O2. The van der Waals surface area contributed by atoms with Crippen molar-refractivity contribution in [3.63, 3.8) is 0 Å². The summed E-state index contributed by atoms with van der Waals surface area (Å²) >= 11 is 3.23. The van der Waals surface area contributed by atoms with Crippen LogP contribution in [0.3, 0.4) is 0 Å². The molecule has 116 valence electrons. The Kier molecular flexibility index (Phi) is 5.86. The van der Waals surface area contributed by atoms with Crippen molar-refractivity contribution in [2.75, 3.05) is 6.54 Å². The summed E-state index contributed by atoms with van der Waals surface area (Å²) in [6.45, 7) is 4.55. The van der Waals surface area contributed by atoms with E-state index in [2.05, 4.69) is 15.9 Å². The number of benzene rings is 1. The molecule has 0 atom stereocenters. The van der Waals surface area contributed by atoms with E-state index < -0.39 is 24.3 Å². The topological polar surface area (TPSA) is 55.6 Å². The highest BCUT2D eigenvalue weighted by molar-refractivity contribution is 9.10. The molecule has 0 fully saturated rings. The van der Waals surface area contributed by atoms with Gasteiger partial charge in [0.1, 0.15) is 5.60 Å². The molecule has 7 heteroatoms. The summed E-state index contributed by atoms with van der Waals surface area (Å²) < 4.78 is 31.9. The summed E-state index contributed by atoms with van der Waals surface area (Å²) in [6.07, 6.45) is -2.75. The zero-order chi connectivity index (χ0) is 16.2. The van der Waals surface area contributed by atoms with Gasteiger partial charge >= 0.3 is 6.09 Å². The number of rotatable bonds is 3. The van der Waals surface area contributed by atoms with Crippen LogP contribution in [0.25, 0.3) is 5.57 Å². The van der Waals surface area contributed by atoms with Gasteiger partial charge in [0.05, 0.1) is 6.54 Å². The Morgan fingerprint density at radius 3 is 2.24 bits per heavy atom. The van der Waals surface area contributed by atoms with Crippen LogP contribution < -0.4 is 5.84 Å². The minimum atomic E-state index is -1.89. The van der Waals surface area contributed by atoms with Crippen LogP contribution in [0.2, 0.25) is 0 Å². The third kappa shape index (κ3) is 5.81. The lowest BCUT2D eigenvalue weighted by molar-refractivity contribution is 0.0273. The predicted molar refractivity (Wildman–Crippen MR) is 80.4 cm³/mol. The molecule has 0 aliphatic heterocycles. The molecule has 0 bridgehead atoms. The molecule has 1 amide bonds. The Morgan fingerprint density at radius 1 is 1.29 bits per heavy atom. The molecule has 1 aromatic carbocycles. The second kappa shape index (κ2) is 7.00. The first kappa shape index (κ1) is 17.6. The number of amides is 1. The Balaban J connectivity index is 2.88. The summed E-state index contributed by atoms with van der Waals surface area (Å²) in [5.41, 5.74) is -0.780. The molecule has 0 unspecified atom stereocenters. The maximum atomic E-state index is 13.1. The molecule has 0 aromatic heterocycles. The van der Waals surface area contributed by atoms with E-state index in [1.54, 1.807) is 32.9 Å². The Hall–Kier alpha value is -1.47. The van der Waals surface area contributed by atoms with Crippen molar-refractivity contribution < 1.29 is 18.3 Å². The fourth-order valence-corrected chi connectivity index (χ4v) is 1.73. The molecule has 1 aromatic rings. The van der Waals surface area contributed by atoms with E-state index in [-0.39, 0.29) is 11.1 Å². The number of ether oxygens (including phenoxy) is 1. The maximum absolute atomic E-state index is 13.1. The van der Waals surface area contributed by atoms with Crippen molar-refractivity contribution in [2.24, 2.45) is 5.84 Å². The van der Waals surface area contributed by atoms with Crippen LogP contribution in [0.1, 0.15) is 26.3 Å². The molecule has 4 nitrogen and oxygen atoms in total. The number of hydrogen-bond acceptors (Lipinski definition) is 3. The SMILES string of the molecule is CC(C)(C)OC(=O)N(N)CC(=C(F)F)c1ccc(Br)cc1. The molecule has 1 rings (SSSR count). The molecular weight excluding hydrogens is 346 g/mol. The fraction of sp³-hybridized carbons (Fsp3) is 0.357. The minimum Gasteiger partial charge on any atom is -0.443 e. The molecule has 0 aliphatic rings. The van der Waals surface area contributed by atoms with Gasteiger partial charge < -0.3 is 4.74 Å². The molecule has 0 spiro atoms. The van der Waals surface area contributed by atoms with E-state index >= 15 is 0 Å². The van der Waals surface area contributed by atoms with E-state index in [4.69, 9.17) is 10.6 Å². The van der Waals surface area contributed by atoms with Gasteiger partial charge in [-0.05, 0) is 38.5 Å². The largest absolute Gasteiger partial charge is 0.443 e. The van der Waals surface area contributed by atoms with Gasteiger partial charge in [-0.15, -0.1) is 0 Å². The summed E-state index contributed by atoms with van der Waals surface area (Å²) in [5, 5.41) is 0.627. The zero-order valence-corrected chi connectivity index (χ0v) is 13.6. The number of halogens is 3. The van der Waals surface area contributed by atoms with Gasteiger partial charge in [0.15, 0.2) is 0 Å². The van der Waals surface area contributed by atoms with Gasteiger partial charge in [0.25, 0.3) is 6.08 Å². The number of carbonyl (C=O) groups is 1. The lowest BCUT2D eigenvalue weighted by Crippen LogP contribution is -2.42. The van der Waals surface area contributed by atoms with E-state index in [0.29, 0.717) is 5.01 Å². The van der Waals surface area contributed by atoms with Crippen LogP contribution in [-0.2, 0) is 4.74 Å². The van der Waals surface area contributed by atoms with E-state index in [9.17, 15) is 13.6 Å². The van der Waals surface area contributed by atoms with Gasteiger partial charge in [-0.2, -0.15) is 8.78 Å². The number of hydrazine groups is 1. The second-order valence-corrected chi connectivity index (χ2v) is 6.27. The van der Waals surface area contributed by atoms with E-state index in [1.165, 1.54) is 12.1 Å². The maximum Gasteiger partial charge on any atom is 0.424 e. The highest BCUT2D eigenvalue weighted by Gasteiger charge is 2.22. The summed E-state index contributed by atoms with van der Waals surface area (Å²) in [7, 11) is 0. The number of carbonyl (C=O) groups excluding carboxylic acids is 1. The molecule has 0 aliphatic carbocycles. The molecule has 0 heterocycles. The van der Waals surface area contributed by atoms with Gasteiger partial charge in [-0.1, -0.05) is 28.1 Å². The first-order valence-corrected chi connectivity index (χ1v) is 6.95. The van der Waals surface area contributed by atoms with Gasteiger partial charge in [0.2, 0.25) is 0 Å². The molecule has 21 heavy (non-hydrogen) atoms. The smallest absolute Gasteiger partial charge is 0.424 e. The van der Waals surface area contributed by atoms with Gasteiger partial charge in [-0.3, -0.25) is 0 Å². The normalized spacial score (nSPS) is 11.0. The third-order valence-electron chi connectivity index (χ3n) is 2.38. The molecule has 2 N–H and O–H groups in total. The zero-order valence-electron chi connectivity index (χ0n) is 12.0. The number of nitrogens with zero attached hydrogens (tertiary/aromatic N) is 1. The highest BCUT2D eigenvalue weighted by Crippen LogP contribution is 2.23. The van der Waals surface area contributed by atoms with Crippen LogP contribution in [0.5, 0.6) is 0 Å². The van der Waals surface area contributed by atoms with Crippen LogP contribution in [-0.4, -0.2) is 23.2 Å². The molecule has 0 radical (unpaired) electrons. The van der Waals surface area contributed by atoms with Crippen molar-refractivity contribution in [1.82, 2.24) is 5.01 Å². The van der Waals surface area contributed by atoms with E-state index in [0.717, 1.165) is 4.47 Å². The van der Waals surface area contributed by atoms with Crippen LogP contribution in [0, 0.1) is 0 Å². The second-order valence-electron chi connectivity index (χ2n) is 5.35. The standard InChI is InChI=1S/C14H17BrF2N2O2/c1-14(2,3)21-13(20)19(18)8-11(12(16)17)9-4-6-10(15)7-5-9/h4-7H,8,18H2,1-3H3. The van der Waals surface area contributed by atoms with Crippen LogP contribution in [0.4, 0.5) is 13.6 Å². The molecule has 0 saturated heterocycles. The van der Waals surface area contributed by atoms with Crippen molar-refractivity contribution in [3.05, 3.63) is 40.4 Å². The van der Waals surface area contributed by atoms with Crippen molar-refractivity contribution >= 4 is 27.6 Å². The van der Waals surface area contributed by atoms with E-state index in [1.807, 2.05) is 0 Å². The van der Waals surface area contributed by atoms with Crippen molar-refractivity contribution in [1.29, 1.82) is 0 Å². The summed E-state index contributed by atoms with van der Waals surface area (Å²) in [4.78, 5) is 11.7. The highest BCUT2D eigenvalue weighted by atomic mass is 79.9. The first-order chi connectivity index (χ1) is 9.60.